The summed E-state index contributed by atoms with van der Waals surface area (Å²) in [5.41, 5.74) is 10.3. The van der Waals surface area contributed by atoms with Crippen LogP contribution in [-0.2, 0) is 4.79 Å². The van der Waals surface area contributed by atoms with Gasteiger partial charge in [0, 0.05) is 10.9 Å². The molecule has 0 bridgehead atoms. The number of aryl methyl sites for hydroxylation is 1. The van der Waals surface area contributed by atoms with E-state index in [1.807, 2.05) is 13.0 Å². The van der Waals surface area contributed by atoms with E-state index >= 15 is 0 Å². The molecule has 0 radical (unpaired) electrons. The van der Waals surface area contributed by atoms with Gasteiger partial charge in [0.15, 0.2) is 0 Å². The number of thioether (sulfide) groups is 1. The maximum Gasteiger partial charge on any atom is 0.279 e. The predicted octanol–water partition coefficient (Wildman–Crippen LogP) is 1.04. The maximum atomic E-state index is 11.8. The highest BCUT2D eigenvalue weighted by molar-refractivity contribution is 7.99. The number of nitrogens with one attached hydrogen (secondary N) is 2. The maximum absolute atomic E-state index is 11.8. The molecule has 8 heteroatoms. The second-order valence-corrected chi connectivity index (χ2v) is 8.14. The average molecular weight is 345 g/mol. The van der Waals surface area contributed by atoms with Gasteiger partial charge in [0.2, 0.25) is 0 Å². The molecule has 0 spiro atoms. The first-order chi connectivity index (χ1) is 10.3. The van der Waals surface area contributed by atoms with E-state index in [9.17, 15) is 14.7 Å². The monoisotopic (exact) mass is 345 g/mol. The molecule has 1 heterocycles. The normalized spacial score (nSPS) is 13.7. The predicted molar refractivity (Wildman–Crippen MR) is 90.9 cm³/mol. The number of amides is 2. The van der Waals surface area contributed by atoms with E-state index in [1.54, 1.807) is 17.8 Å². The minimum absolute atomic E-state index is 0.414. The van der Waals surface area contributed by atoms with Gasteiger partial charge < -0.3 is 10.8 Å². The Morgan fingerprint density at radius 2 is 2.05 bits per heavy atom. The van der Waals surface area contributed by atoms with Gasteiger partial charge in [0.05, 0.1) is 4.88 Å². The lowest BCUT2D eigenvalue weighted by Crippen LogP contribution is -2.52. The molecule has 22 heavy (non-hydrogen) atoms. The molecule has 0 aliphatic carbocycles. The van der Waals surface area contributed by atoms with Crippen molar-refractivity contribution in [1.29, 1.82) is 0 Å². The molecule has 1 rings (SSSR count). The van der Waals surface area contributed by atoms with Gasteiger partial charge in [-0.1, -0.05) is 13.8 Å². The quantitative estimate of drug-likeness (QED) is 0.553. The molecule has 0 fully saturated rings. The largest absolute Gasteiger partial charge is 0.382 e. The van der Waals surface area contributed by atoms with Crippen LogP contribution in [0.15, 0.2) is 12.1 Å². The zero-order chi connectivity index (χ0) is 16.7. The first-order valence-electron chi connectivity index (χ1n) is 7.03. The Labute approximate surface area is 138 Å². The van der Waals surface area contributed by atoms with Crippen LogP contribution in [0.3, 0.4) is 0 Å². The number of thiophene rings is 1. The lowest BCUT2D eigenvalue weighted by Gasteiger charge is -2.18. The number of aliphatic hydroxyl groups excluding tert-OH is 1. The molecule has 2 amide bonds. The minimum Gasteiger partial charge on any atom is -0.382 e. The Kier molecular flexibility index (Phi) is 7.88. The molecule has 0 aliphatic heterocycles. The number of carbonyl (C=O) groups excluding carboxylic acids is 2. The zero-order valence-corrected chi connectivity index (χ0v) is 14.6. The number of hydrogen-bond acceptors (Lipinski definition) is 6. The van der Waals surface area contributed by atoms with Gasteiger partial charge in [-0.3, -0.25) is 20.4 Å². The van der Waals surface area contributed by atoms with E-state index < -0.39 is 24.0 Å². The first kappa shape index (κ1) is 19.0. The Morgan fingerprint density at radius 3 is 2.59 bits per heavy atom. The molecule has 0 saturated carbocycles. The van der Waals surface area contributed by atoms with Crippen LogP contribution in [-0.4, -0.2) is 40.1 Å². The number of nitrogens with two attached hydrogens (primary N) is 1. The van der Waals surface area contributed by atoms with Crippen molar-refractivity contribution in [3.05, 3.63) is 21.9 Å². The standard InChI is InChI=1S/C14H23N3O3S2/c1-8(2)21-7-6-10(15)12(18)14(20)17-16-13(19)11-5-4-9(3)22-11/h4-5,8,10,12,18H,6-7,15H2,1-3H3,(H,16,19)(H,17,20)/t10-,12?/m1/s1. The summed E-state index contributed by atoms with van der Waals surface area (Å²) in [5, 5.41) is 10.3. The fourth-order valence-electron chi connectivity index (χ4n) is 1.60. The summed E-state index contributed by atoms with van der Waals surface area (Å²) < 4.78 is 0. The number of carbonyl (C=O) groups is 2. The summed E-state index contributed by atoms with van der Waals surface area (Å²) in [4.78, 5) is 25.0. The average Bonchev–Trinajstić information content (AvgIpc) is 2.89. The van der Waals surface area contributed by atoms with Crippen molar-refractivity contribution < 1.29 is 14.7 Å². The van der Waals surface area contributed by atoms with E-state index in [0.717, 1.165) is 10.6 Å². The van der Waals surface area contributed by atoms with Crippen molar-refractivity contribution >= 4 is 34.9 Å². The summed E-state index contributed by atoms with van der Waals surface area (Å²) in [7, 11) is 0. The van der Waals surface area contributed by atoms with Crippen LogP contribution < -0.4 is 16.6 Å². The van der Waals surface area contributed by atoms with Crippen molar-refractivity contribution in [2.45, 2.75) is 44.6 Å². The van der Waals surface area contributed by atoms with Crippen LogP contribution in [0.5, 0.6) is 0 Å². The van der Waals surface area contributed by atoms with E-state index in [2.05, 4.69) is 24.7 Å². The van der Waals surface area contributed by atoms with Gasteiger partial charge in [-0.2, -0.15) is 11.8 Å². The minimum atomic E-state index is -1.35. The van der Waals surface area contributed by atoms with E-state index in [-0.39, 0.29) is 0 Å². The van der Waals surface area contributed by atoms with Gasteiger partial charge in [-0.25, -0.2) is 0 Å². The van der Waals surface area contributed by atoms with Crippen molar-refractivity contribution in [2.24, 2.45) is 5.73 Å². The third-order valence-corrected chi connectivity index (χ3v) is 4.98. The lowest BCUT2D eigenvalue weighted by atomic mass is 10.1. The van der Waals surface area contributed by atoms with Crippen LogP contribution in [0, 0.1) is 6.92 Å². The van der Waals surface area contributed by atoms with Crippen molar-refractivity contribution in [3.8, 4) is 0 Å². The van der Waals surface area contributed by atoms with Gasteiger partial charge in [-0.15, -0.1) is 11.3 Å². The highest BCUT2D eigenvalue weighted by Gasteiger charge is 2.23. The topological polar surface area (TPSA) is 104 Å². The van der Waals surface area contributed by atoms with Gasteiger partial charge in [0.1, 0.15) is 6.10 Å². The van der Waals surface area contributed by atoms with Gasteiger partial charge >= 0.3 is 0 Å². The Balaban J connectivity index is 2.35. The number of aliphatic hydroxyl groups is 1. The van der Waals surface area contributed by atoms with Crippen LogP contribution in [0.4, 0.5) is 0 Å². The summed E-state index contributed by atoms with van der Waals surface area (Å²) >= 11 is 3.04. The highest BCUT2D eigenvalue weighted by Crippen LogP contribution is 2.14. The highest BCUT2D eigenvalue weighted by atomic mass is 32.2. The van der Waals surface area contributed by atoms with Crippen molar-refractivity contribution in [1.82, 2.24) is 10.9 Å². The zero-order valence-electron chi connectivity index (χ0n) is 13.0. The smallest absolute Gasteiger partial charge is 0.279 e. The lowest BCUT2D eigenvalue weighted by molar-refractivity contribution is -0.131. The summed E-state index contributed by atoms with van der Waals surface area (Å²) in [6, 6.07) is 2.83. The summed E-state index contributed by atoms with van der Waals surface area (Å²) in [6.45, 7) is 6.03. The Bertz CT molecular complexity index is 505. The number of hydrogen-bond donors (Lipinski definition) is 4. The second kappa shape index (κ2) is 9.14. The first-order valence-corrected chi connectivity index (χ1v) is 8.89. The molecular formula is C14H23N3O3S2. The molecule has 0 aromatic carbocycles. The van der Waals surface area contributed by atoms with Crippen molar-refractivity contribution in [2.75, 3.05) is 5.75 Å². The summed E-state index contributed by atoms with van der Waals surface area (Å²) in [6.07, 6.45) is -0.826. The third-order valence-electron chi connectivity index (χ3n) is 2.84. The molecular weight excluding hydrogens is 322 g/mol. The Hall–Kier alpha value is -1.09. The van der Waals surface area contributed by atoms with Crippen LogP contribution in [0.1, 0.15) is 34.8 Å². The number of hydrazine groups is 1. The fraction of sp³-hybridized carbons (Fsp3) is 0.571. The van der Waals surface area contributed by atoms with Crippen LogP contribution in [0.25, 0.3) is 0 Å². The molecule has 1 unspecified atom stereocenters. The van der Waals surface area contributed by atoms with Gasteiger partial charge in [0.25, 0.3) is 11.8 Å². The molecule has 2 atom stereocenters. The van der Waals surface area contributed by atoms with Crippen molar-refractivity contribution in [3.63, 3.8) is 0 Å². The van der Waals surface area contributed by atoms with E-state index in [1.165, 1.54) is 11.3 Å². The van der Waals surface area contributed by atoms with Crippen LogP contribution in [0.2, 0.25) is 0 Å². The van der Waals surface area contributed by atoms with E-state index in [0.29, 0.717) is 16.5 Å². The summed E-state index contributed by atoms with van der Waals surface area (Å²) in [5.74, 6) is -0.351. The molecule has 0 aliphatic rings. The molecule has 1 aromatic heterocycles. The SMILES string of the molecule is Cc1ccc(C(=O)NNC(=O)C(O)[C@H](N)CCSC(C)C)s1. The molecule has 6 nitrogen and oxygen atoms in total. The molecule has 1 aromatic rings. The third kappa shape index (κ3) is 6.35. The van der Waals surface area contributed by atoms with Gasteiger partial charge in [-0.05, 0) is 36.5 Å². The molecule has 5 N–H and O–H groups in total. The molecule has 124 valence electrons. The second-order valence-electron chi connectivity index (χ2n) is 5.17. The number of rotatable bonds is 7. The van der Waals surface area contributed by atoms with E-state index in [4.69, 9.17) is 5.73 Å². The molecule has 0 saturated heterocycles. The van der Waals surface area contributed by atoms with Crippen LogP contribution >= 0.6 is 23.1 Å². The Morgan fingerprint density at radius 1 is 1.36 bits per heavy atom. The fourth-order valence-corrected chi connectivity index (χ4v) is 3.25.